The number of ether oxygens (including phenoxy) is 1. The molecule has 0 spiro atoms. The Hall–Kier alpha value is -1.15. The van der Waals surface area contributed by atoms with E-state index in [1.165, 1.54) is 6.92 Å². The van der Waals surface area contributed by atoms with Crippen LogP contribution in [0.2, 0.25) is 0 Å². The molecule has 2 unspecified atom stereocenters. The van der Waals surface area contributed by atoms with E-state index < -0.39 is 18.2 Å². The van der Waals surface area contributed by atoms with Crippen LogP contribution in [0.15, 0.2) is 4.52 Å². The summed E-state index contributed by atoms with van der Waals surface area (Å²) in [5.74, 6) is -1.19. The number of alkyl halides is 3. The summed E-state index contributed by atoms with van der Waals surface area (Å²) >= 11 is 0. The minimum absolute atomic E-state index is 0.216. The lowest BCUT2D eigenvalue weighted by atomic mass is 10.0. The van der Waals surface area contributed by atoms with Crippen molar-refractivity contribution in [2.24, 2.45) is 0 Å². The third-order valence-corrected chi connectivity index (χ3v) is 2.43. The van der Waals surface area contributed by atoms with Gasteiger partial charge in [-0.25, -0.2) is 0 Å². The molecule has 1 aromatic heterocycles. The number of hydrogen-bond acceptors (Lipinski definition) is 5. The summed E-state index contributed by atoms with van der Waals surface area (Å²) in [5.41, 5.74) is 0. The molecule has 0 aliphatic rings. The number of rotatable bonds is 6. The highest BCUT2D eigenvalue weighted by molar-refractivity contribution is 4.97. The first-order valence-electron chi connectivity index (χ1n) is 5.42. The van der Waals surface area contributed by atoms with Crippen molar-refractivity contribution in [3.05, 3.63) is 11.7 Å². The van der Waals surface area contributed by atoms with Gasteiger partial charge in [0.2, 0.25) is 5.89 Å². The number of aliphatic hydroxyl groups is 1. The van der Waals surface area contributed by atoms with Crippen molar-refractivity contribution in [3.8, 4) is 0 Å². The summed E-state index contributed by atoms with van der Waals surface area (Å²) in [4.78, 5) is 3.82. The predicted octanol–water partition coefficient (Wildman–Crippen LogP) is 1.68. The number of hydrogen-bond donors (Lipinski definition) is 1. The summed E-state index contributed by atoms with van der Waals surface area (Å²) in [5, 5.41) is 12.6. The lowest BCUT2D eigenvalue weighted by Crippen LogP contribution is -2.33. The van der Waals surface area contributed by atoms with Gasteiger partial charge in [-0.05, 0) is 6.42 Å². The summed E-state index contributed by atoms with van der Waals surface area (Å²) in [6.07, 6.45) is -6.12. The first-order chi connectivity index (χ1) is 8.36. The van der Waals surface area contributed by atoms with E-state index in [1.807, 2.05) is 0 Å². The van der Waals surface area contributed by atoms with Gasteiger partial charge in [0.05, 0.1) is 5.92 Å². The van der Waals surface area contributed by atoms with Gasteiger partial charge in [-0.3, -0.25) is 0 Å². The van der Waals surface area contributed by atoms with Crippen LogP contribution in [0.5, 0.6) is 0 Å². The molecule has 1 N–H and O–H groups in total. The molecule has 1 heterocycles. The fourth-order valence-electron chi connectivity index (χ4n) is 1.35. The third kappa shape index (κ3) is 3.95. The molecule has 0 saturated heterocycles. The molecule has 0 saturated carbocycles. The second-order valence-electron chi connectivity index (χ2n) is 3.92. The molecule has 0 aromatic carbocycles. The molecule has 0 bridgehead atoms. The Morgan fingerprint density at radius 3 is 2.67 bits per heavy atom. The molecule has 8 heteroatoms. The van der Waals surface area contributed by atoms with Gasteiger partial charge in [-0.15, -0.1) is 0 Å². The first-order valence-corrected chi connectivity index (χ1v) is 5.42. The molecule has 0 aliphatic heterocycles. The van der Waals surface area contributed by atoms with E-state index >= 15 is 0 Å². The zero-order chi connectivity index (χ0) is 13.8. The number of halogens is 3. The minimum Gasteiger partial charge on any atom is -0.385 e. The Kier molecular flexibility index (Phi) is 5.09. The first kappa shape index (κ1) is 14.9. The Balaban J connectivity index is 2.62. The fourth-order valence-corrected chi connectivity index (χ4v) is 1.35. The molecule has 1 rings (SSSR count). The van der Waals surface area contributed by atoms with Crippen LogP contribution in [0.3, 0.4) is 0 Å². The number of aryl methyl sites for hydroxylation is 1. The molecule has 2 atom stereocenters. The van der Waals surface area contributed by atoms with Crippen molar-refractivity contribution < 1.29 is 27.5 Å². The van der Waals surface area contributed by atoms with E-state index in [4.69, 9.17) is 14.4 Å². The lowest BCUT2D eigenvalue weighted by Gasteiger charge is -2.17. The topological polar surface area (TPSA) is 68.4 Å². The predicted molar refractivity (Wildman–Crippen MR) is 55.0 cm³/mol. The van der Waals surface area contributed by atoms with E-state index in [9.17, 15) is 13.2 Å². The van der Waals surface area contributed by atoms with Crippen LogP contribution in [0, 0.1) is 0 Å². The molecule has 0 aliphatic carbocycles. The molecular weight excluding hydrogens is 253 g/mol. The summed E-state index contributed by atoms with van der Waals surface area (Å²) in [6, 6.07) is 0. The van der Waals surface area contributed by atoms with Crippen molar-refractivity contribution in [2.75, 3.05) is 13.7 Å². The fraction of sp³-hybridized carbons (Fsp3) is 0.800. The summed E-state index contributed by atoms with van der Waals surface area (Å²) in [6.45, 7) is 1.69. The minimum atomic E-state index is -4.70. The average Bonchev–Trinajstić information content (AvgIpc) is 2.75. The number of aromatic nitrogens is 2. The van der Waals surface area contributed by atoms with Crippen LogP contribution in [0.4, 0.5) is 13.2 Å². The van der Waals surface area contributed by atoms with Gasteiger partial charge < -0.3 is 14.4 Å². The van der Waals surface area contributed by atoms with E-state index in [-0.39, 0.29) is 5.89 Å². The van der Waals surface area contributed by atoms with Crippen LogP contribution >= 0.6 is 0 Å². The highest BCUT2D eigenvalue weighted by Gasteiger charge is 2.44. The average molecular weight is 268 g/mol. The monoisotopic (exact) mass is 268 g/mol. The van der Waals surface area contributed by atoms with Gasteiger partial charge in [0.1, 0.15) is 0 Å². The molecule has 1 aromatic rings. The zero-order valence-corrected chi connectivity index (χ0v) is 10.1. The van der Waals surface area contributed by atoms with Crippen LogP contribution in [-0.4, -0.2) is 41.2 Å². The van der Waals surface area contributed by atoms with E-state index in [2.05, 4.69) is 10.1 Å². The number of methoxy groups -OCH3 is 1. The molecule has 0 radical (unpaired) electrons. The van der Waals surface area contributed by atoms with Crippen LogP contribution in [-0.2, 0) is 11.2 Å². The van der Waals surface area contributed by atoms with E-state index in [0.717, 1.165) is 0 Å². The van der Waals surface area contributed by atoms with Gasteiger partial charge >= 0.3 is 6.18 Å². The second-order valence-corrected chi connectivity index (χ2v) is 3.92. The Morgan fingerprint density at radius 1 is 1.44 bits per heavy atom. The maximum Gasteiger partial charge on any atom is 0.415 e. The van der Waals surface area contributed by atoms with E-state index in [1.54, 1.807) is 7.11 Å². The van der Waals surface area contributed by atoms with Gasteiger partial charge in [-0.1, -0.05) is 12.1 Å². The smallest absolute Gasteiger partial charge is 0.385 e. The van der Waals surface area contributed by atoms with Crippen molar-refractivity contribution in [1.29, 1.82) is 0 Å². The largest absolute Gasteiger partial charge is 0.415 e. The van der Waals surface area contributed by atoms with Crippen molar-refractivity contribution in [1.82, 2.24) is 10.1 Å². The maximum absolute atomic E-state index is 12.3. The van der Waals surface area contributed by atoms with Gasteiger partial charge in [0.15, 0.2) is 11.9 Å². The quantitative estimate of drug-likeness (QED) is 0.795. The molecular formula is C10H15F3N2O3. The SMILES string of the molecule is COCCCc1noc(C(C)C(O)C(F)(F)F)n1. The maximum atomic E-state index is 12.3. The molecule has 0 amide bonds. The summed E-state index contributed by atoms with van der Waals surface area (Å²) < 4.78 is 46.4. The van der Waals surface area contributed by atoms with Crippen LogP contribution < -0.4 is 0 Å². The molecule has 18 heavy (non-hydrogen) atoms. The zero-order valence-electron chi connectivity index (χ0n) is 10.1. The van der Waals surface area contributed by atoms with Gasteiger partial charge in [-0.2, -0.15) is 18.2 Å². The molecule has 5 nitrogen and oxygen atoms in total. The molecule has 0 fully saturated rings. The van der Waals surface area contributed by atoms with Crippen LogP contribution in [0.25, 0.3) is 0 Å². The lowest BCUT2D eigenvalue weighted by molar-refractivity contribution is -0.210. The highest BCUT2D eigenvalue weighted by atomic mass is 19.4. The van der Waals surface area contributed by atoms with Crippen molar-refractivity contribution in [3.63, 3.8) is 0 Å². The summed E-state index contributed by atoms with van der Waals surface area (Å²) in [7, 11) is 1.55. The molecule has 104 valence electrons. The van der Waals surface area contributed by atoms with Gasteiger partial charge in [0, 0.05) is 20.1 Å². The Bertz CT molecular complexity index is 367. The van der Waals surface area contributed by atoms with Gasteiger partial charge in [0.25, 0.3) is 0 Å². The standard InChI is InChI=1S/C10H15F3N2O3/c1-6(8(16)10(11,12)13)9-14-7(15-18-9)4-3-5-17-2/h6,8,16H,3-5H2,1-2H3. The third-order valence-electron chi connectivity index (χ3n) is 2.43. The van der Waals surface area contributed by atoms with E-state index in [0.29, 0.717) is 25.3 Å². The normalized spacial score (nSPS) is 15.7. The van der Waals surface area contributed by atoms with Crippen LogP contribution in [0.1, 0.15) is 31.0 Å². The number of nitrogens with zero attached hydrogens (tertiary/aromatic N) is 2. The number of aliphatic hydroxyl groups excluding tert-OH is 1. The Labute approximate surface area is 102 Å². The highest BCUT2D eigenvalue weighted by Crippen LogP contribution is 2.30. The van der Waals surface area contributed by atoms with Crippen molar-refractivity contribution in [2.45, 2.75) is 38.0 Å². The second kappa shape index (κ2) is 6.14. The Morgan fingerprint density at radius 2 is 2.11 bits per heavy atom. The van der Waals surface area contributed by atoms with Crippen molar-refractivity contribution >= 4 is 0 Å².